The van der Waals surface area contributed by atoms with Crippen LogP contribution in [-0.2, 0) is 11.3 Å². The number of thioether (sulfide) groups is 1. The molecule has 0 aliphatic rings. The zero-order chi connectivity index (χ0) is 20.3. The summed E-state index contributed by atoms with van der Waals surface area (Å²) in [5.41, 5.74) is 1.04. The summed E-state index contributed by atoms with van der Waals surface area (Å²) in [6.45, 7) is 0.124. The molecule has 1 heterocycles. The highest BCUT2D eigenvalue weighted by Crippen LogP contribution is 2.35. The second-order valence-corrected chi connectivity index (χ2v) is 8.21. The van der Waals surface area contributed by atoms with Crippen LogP contribution in [0.4, 0.5) is 14.9 Å². The predicted molar refractivity (Wildman–Crippen MR) is 112 cm³/mol. The number of nitrogens with zero attached hydrogens (tertiary/aromatic N) is 1. The molecule has 3 aromatic rings. The fourth-order valence-electron chi connectivity index (χ4n) is 2.66. The number of anilines is 1. The highest BCUT2D eigenvalue weighted by Gasteiger charge is 2.22. The van der Waals surface area contributed by atoms with E-state index < -0.39 is 0 Å². The van der Waals surface area contributed by atoms with Gasteiger partial charge in [0.1, 0.15) is 5.82 Å². The van der Waals surface area contributed by atoms with Crippen molar-refractivity contribution < 1.29 is 18.7 Å². The van der Waals surface area contributed by atoms with Crippen LogP contribution in [0.15, 0.2) is 47.4 Å². The third kappa shape index (κ3) is 4.19. The molecule has 3 rings (SSSR count). The monoisotopic (exact) mass is 418 g/mol. The number of para-hydroxylation sites is 1. The molecule has 0 aliphatic heterocycles. The second kappa shape index (κ2) is 8.72. The molecule has 2 amide bonds. The maximum absolute atomic E-state index is 14.3. The van der Waals surface area contributed by atoms with Gasteiger partial charge in [-0.15, -0.1) is 11.3 Å². The quantitative estimate of drug-likeness (QED) is 0.578. The van der Waals surface area contributed by atoms with Gasteiger partial charge >= 0.3 is 0 Å². The molecule has 8 heteroatoms. The normalized spacial score (nSPS) is 10.9. The van der Waals surface area contributed by atoms with Crippen molar-refractivity contribution in [1.29, 1.82) is 0 Å². The Morgan fingerprint density at radius 1 is 1.18 bits per heavy atom. The molecule has 0 saturated heterocycles. The van der Waals surface area contributed by atoms with E-state index in [9.17, 15) is 14.0 Å². The van der Waals surface area contributed by atoms with Crippen molar-refractivity contribution in [3.05, 3.63) is 58.7 Å². The van der Waals surface area contributed by atoms with E-state index in [1.165, 1.54) is 29.4 Å². The number of carbonyl (C=O) groups excluding carboxylic acids is 2. The van der Waals surface area contributed by atoms with Crippen molar-refractivity contribution in [2.45, 2.75) is 11.5 Å². The Morgan fingerprint density at radius 3 is 2.64 bits per heavy atom. The van der Waals surface area contributed by atoms with E-state index in [2.05, 4.69) is 5.32 Å². The lowest BCUT2D eigenvalue weighted by Crippen LogP contribution is -2.17. The van der Waals surface area contributed by atoms with Crippen LogP contribution in [0.1, 0.15) is 15.2 Å². The van der Waals surface area contributed by atoms with Crippen LogP contribution in [0.25, 0.3) is 10.1 Å². The molecular formula is C20H19FN2O3S2. The number of fused-ring (bicyclic) bond motifs is 1. The van der Waals surface area contributed by atoms with Crippen LogP contribution < -0.4 is 5.32 Å². The molecule has 0 atom stereocenters. The number of methoxy groups -OCH3 is 1. The minimum atomic E-state index is -0.382. The van der Waals surface area contributed by atoms with Crippen LogP contribution >= 0.6 is 23.1 Å². The van der Waals surface area contributed by atoms with Gasteiger partial charge in [-0.1, -0.05) is 18.2 Å². The summed E-state index contributed by atoms with van der Waals surface area (Å²) in [7, 11) is 4.84. The summed E-state index contributed by atoms with van der Waals surface area (Å²) in [5, 5.41) is 3.11. The lowest BCUT2D eigenvalue weighted by atomic mass is 10.1. The van der Waals surface area contributed by atoms with Gasteiger partial charge in [-0.2, -0.15) is 0 Å². The first-order valence-corrected chi connectivity index (χ1v) is 10.0. The van der Waals surface area contributed by atoms with E-state index in [0.717, 1.165) is 11.8 Å². The van der Waals surface area contributed by atoms with E-state index in [1.54, 1.807) is 50.5 Å². The SMILES string of the molecule is COCc1c(C(=O)Nc2ccccc2SC(=O)N(C)C)sc2cccc(F)c12. The van der Waals surface area contributed by atoms with Gasteiger partial charge < -0.3 is 15.0 Å². The number of benzene rings is 2. The molecule has 2 aromatic carbocycles. The zero-order valence-corrected chi connectivity index (χ0v) is 17.2. The smallest absolute Gasteiger partial charge is 0.286 e. The molecular weight excluding hydrogens is 399 g/mol. The van der Waals surface area contributed by atoms with Gasteiger partial charge in [0.15, 0.2) is 0 Å². The highest BCUT2D eigenvalue weighted by atomic mass is 32.2. The Bertz CT molecular complexity index is 1030. The van der Waals surface area contributed by atoms with Crippen LogP contribution in [0.5, 0.6) is 0 Å². The van der Waals surface area contributed by atoms with Crippen LogP contribution in [0.3, 0.4) is 0 Å². The molecule has 0 unspecified atom stereocenters. The Morgan fingerprint density at radius 2 is 1.93 bits per heavy atom. The molecule has 28 heavy (non-hydrogen) atoms. The fourth-order valence-corrected chi connectivity index (χ4v) is 4.52. The van der Waals surface area contributed by atoms with E-state index in [4.69, 9.17) is 4.74 Å². The largest absolute Gasteiger partial charge is 0.380 e. The van der Waals surface area contributed by atoms with E-state index in [1.807, 2.05) is 0 Å². The van der Waals surface area contributed by atoms with Crippen molar-refractivity contribution in [1.82, 2.24) is 4.90 Å². The number of hydrogen-bond donors (Lipinski definition) is 1. The summed E-state index contributed by atoms with van der Waals surface area (Å²) < 4.78 is 20.2. The standard InChI is InChI=1S/C20H19FN2O3S2/c1-23(2)20(25)28-15-9-5-4-8-14(15)22-19(24)18-12(11-26-3)17-13(21)7-6-10-16(17)27-18/h4-10H,11H2,1-3H3,(H,22,24). The molecule has 0 saturated carbocycles. The van der Waals surface area contributed by atoms with Crippen LogP contribution in [0.2, 0.25) is 0 Å². The molecule has 0 bridgehead atoms. The Balaban J connectivity index is 1.95. The summed E-state index contributed by atoms with van der Waals surface area (Å²) in [5.74, 6) is -0.745. The third-order valence-electron chi connectivity index (χ3n) is 3.96. The maximum Gasteiger partial charge on any atom is 0.286 e. The van der Waals surface area contributed by atoms with E-state index in [-0.39, 0.29) is 23.6 Å². The van der Waals surface area contributed by atoms with Gasteiger partial charge in [0.2, 0.25) is 0 Å². The van der Waals surface area contributed by atoms with Gasteiger partial charge in [-0.3, -0.25) is 9.59 Å². The molecule has 0 radical (unpaired) electrons. The molecule has 0 spiro atoms. The van der Waals surface area contributed by atoms with Crippen molar-refractivity contribution in [2.24, 2.45) is 0 Å². The Labute approximate surface area is 170 Å². The van der Waals surface area contributed by atoms with Crippen molar-refractivity contribution in [3.63, 3.8) is 0 Å². The molecule has 146 valence electrons. The topological polar surface area (TPSA) is 58.6 Å². The van der Waals surface area contributed by atoms with E-state index >= 15 is 0 Å². The number of hydrogen-bond acceptors (Lipinski definition) is 5. The van der Waals surface area contributed by atoms with E-state index in [0.29, 0.717) is 31.1 Å². The van der Waals surface area contributed by atoms with Crippen molar-refractivity contribution >= 4 is 50.0 Å². The fraction of sp³-hybridized carbons (Fsp3) is 0.200. The first-order chi connectivity index (χ1) is 13.4. The highest BCUT2D eigenvalue weighted by molar-refractivity contribution is 8.13. The molecule has 5 nitrogen and oxygen atoms in total. The minimum Gasteiger partial charge on any atom is -0.380 e. The average Bonchev–Trinajstić information content (AvgIpc) is 3.03. The lowest BCUT2D eigenvalue weighted by molar-refractivity contribution is 0.102. The number of ether oxygens (including phenoxy) is 1. The Hall–Kier alpha value is -2.42. The third-order valence-corrected chi connectivity index (χ3v) is 6.27. The number of nitrogens with one attached hydrogen (secondary N) is 1. The first kappa shape index (κ1) is 20.3. The van der Waals surface area contributed by atoms with Gasteiger partial charge in [0.25, 0.3) is 11.1 Å². The van der Waals surface area contributed by atoms with Crippen molar-refractivity contribution in [2.75, 3.05) is 26.5 Å². The first-order valence-electron chi connectivity index (χ1n) is 8.40. The summed E-state index contributed by atoms with van der Waals surface area (Å²) in [6.07, 6.45) is 0. The van der Waals surface area contributed by atoms with Gasteiger partial charge in [0, 0.05) is 41.8 Å². The van der Waals surface area contributed by atoms with Gasteiger partial charge in [-0.05, 0) is 36.0 Å². The lowest BCUT2D eigenvalue weighted by Gasteiger charge is -2.13. The van der Waals surface area contributed by atoms with Crippen molar-refractivity contribution in [3.8, 4) is 0 Å². The minimum absolute atomic E-state index is 0.124. The predicted octanol–water partition coefficient (Wildman–Crippen LogP) is 5.21. The number of carbonyl (C=O) groups is 2. The molecule has 1 aromatic heterocycles. The summed E-state index contributed by atoms with van der Waals surface area (Å²) >= 11 is 2.24. The summed E-state index contributed by atoms with van der Waals surface area (Å²) in [6, 6.07) is 11.8. The summed E-state index contributed by atoms with van der Waals surface area (Å²) in [4.78, 5) is 27.5. The second-order valence-electron chi connectivity index (χ2n) is 6.17. The zero-order valence-electron chi connectivity index (χ0n) is 15.6. The van der Waals surface area contributed by atoms with Crippen LogP contribution in [-0.4, -0.2) is 37.3 Å². The number of amides is 2. The molecule has 1 N–H and O–H groups in total. The average molecular weight is 419 g/mol. The molecule has 0 fully saturated rings. The maximum atomic E-state index is 14.3. The number of thiophene rings is 1. The number of halogens is 1. The number of rotatable bonds is 5. The van der Waals surface area contributed by atoms with Gasteiger partial charge in [0.05, 0.1) is 17.2 Å². The molecule has 0 aliphatic carbocycles. The Kier molecular flexibility index (Phi) is 6.33. The van der Waals surface area contributed by atoms with Crippen LogP contribution in [0, 0.1) is 5.82 Å². The van der Waals surface area contributed by atoms with Gasteiger partial charge in [-0.25, -0.2) is 4.39 Å².